The summed E-state index contributed by atoms with van der Waals surface area (Å²) in [5.41, 5.74) is 6.87. The van der Waals surface area contributed by atoms with Gasteiger partial charge in [0.05, 0.1) is 11.7 Å². The first kappa shape index (κ1) is 15.1. The zero-order chi connectivity index (χ0) is 14.8. The van der Waals surface area contributed by atoms with Crippen molar-refractivity contribution in [2.45, 2.75) is 38.0 Å². The second-order valence-electron chi connectivity index (χ2n) is 5.43. The molecular weight excluding hydrogens is 300 g/mol. The van der Waals surface area contributed by atoms with Gasteiger partial charge in [-0.3, -0.25) is 16.0 Å². The van der Waals surface area contributed by atoms with E-state index in [1.54, 1.807) is 4.88 Å². The Hall–Kier alpha value is -0.820. The predicted octanol–water partition coefficient (Wildman–Crippen LogP) is 2.58. The fourth-order valence-electron chi connectivity index (χ4n) is 2.73. The number of aromatic nitrogens is 2. The average Bonchev–Trinajstić information content (AvgIpc) is 3.07. The molecule has 1 atom stereocenters. The van der Waals surface area contributed by atoms with Crippen LogP contribution in [0.1, 0.15) is 39.7 Å². The molecule has 1 aliphatic heterocycles. The van der Waals surface area contributed by atoms with Crippen molar-refractivity contribution < 1.29 is 0 Å². The molecule has 1 aliphatic rings. The Balaban J connectivity index is 1.81. The van der Waals surface area contributed by atoms with Gasteiger partial charge in [-0.05, 0) is 36.3 Å². The molecule has 0 aliphatic carbocycles. The fraction of sp³-hybridized carbons (Fsp3) is 0.533. The van der Waals surface area contributed by atoms with E-state index in [9.17, 15) is 0 Å². The topological polar surface area (TPSA) is 55.9 Å². The lowest BCUT2D eigenvalue weighted by Crippen LogP contribution is -2.29. The molecule has 1 unspecified atom stereocenters. The number of hydrazine groups is 1. The number of fused-ring (bicyclic) bond motifs is 1. The number of nitrogens with one attached hydrogen (secondary N) is 1. The van der Waals surface area contributed by atoms with Crippen LogP contribution in [0.5, 0.6) is 0 Å². The molecule has 114 valence electrons. The van der Waals surface area contributed by atoms with Gasteiger partial charge in [0.1, 0.15) is 0 Å². The highest BCUT2D eigenvalue weighted by atomic mass is 32.2. The largest absolute Gasteiger partial charge is 0.272 e. The minimum absolute atomic E-state index is 0.172. The first-order valence-corrected chi connectivity index (χ1v) is 9.35. The lowest BCUT2D eigenvalue weighted by atomic mass is 10.1. The van der Waals surface area contributed by atoms with Gasteiger partial charge in [-0.1, -0.05) is 6.92 Å². The highest BCUT2D eigenvalue weighted by Gasteiger charge is 2.20. The van der Waals surface area contributed by atoms with Crippen LogP contribution in [0, 0.1) is 0 Å². The Morgan fingerprint density at radius 1 is 1.48 bits per heavy atom. The molecule has 3 rings (SSSR count). The van der Waals surface area contributed by atoms with Crippen LogP contribution in [0.4, 0.5) is 0 Å². The molecule has 0 aromatic carbocycles. The summed E-state index contributed by atoms with van der Waals surface area (Å²) in [4.78, 5) is 2.90. The van der Waals surface area contributed by atoms with E-state index in [2.05, 4.69) is 29.6 Å². The summed E-state index contributed by atoms with van der Waals surface area (Å²) < 4.78 is 1.98. The highest BCUT2D eigenvalue weighted by molar-refractivity contribution is 7.98. The first-order chi connectivity index (χ1) is 10.2. The average molecular weight is 323 g/mol. The number of thiophene rings is 1. The van der Waals surface area contributed by atoms with Crippen molar-refractivity contribution >= 4 is 23.1 Å². The quantitative estimate of drug-likeness (QED) is 0.656. The Bertz CT molecular complexity index is 594. The van der Waals surface area contributed by atoms with Gasteiger partial charge in [-0.15, -0.1) is 11.3 Å². The van der Waals surface area contributed by atoms with Crippen LogP contribution in [-0.2, 0) is 32.1 Å². The van der Waals surface area contributed by atoms with E-state index in [0.717, 1.165) is 24.3 Å². The van der Waals surface area contributed by atoms with E-state index in [0.29, 0.717) is 0 Å². The second kappa shape index (κ2) is 6.52. The lowest BCUT2D eigenvalue weighted by Gasteiger charge is -2.14. The van der Waals surface area contributed by atoms with E-state index in [4.69, 9.17) is 5.84 Å². The maximum atomic E-state index is 5.82. The smallest absolute Gasteiger partial charge is 0.0624 e. The van der Waals surface area contributed by atoms with E-state index < -0.39 is 0 Å². The molecule has 21 heavy (non-hydrogen) atoms. The standard InChI is InChI=1S/C15H22N4S2/c1-3-11-7-12(19(2)18-11)8-13(17-16)15-6-10-9-20-5-4-14(10)21-15/h6-7,13,17H,3-5,8-9,16H2,1-2H3. The van der Waals surface area contributed by atoms with E-state index in [1.165, 1.54) is 28.3 Å². The van der Waals surface area contributed by atoms with E-state index >= 15 is 0 Å². The summed E-state index contributed by atoms with van der Waals surface area (Å²) in [6, 6.07) is 4.70. The molecule has 0 radical (unpaired) electrons. The first-order valence-electron chi connectivity index (χ1n) is 7.38. The Kier molecular flexibility index (Phi) is 4.69. The van der Waals surface area contributed by atoms with E-state index in [1.807, 2.05) is 34.8 Å². The van der Waals surface area contributed by atoms with Gasteiger partial charge in [0, 0.05) is 34.7 Å². The molecule has 0 saturated carbocycles. The van der Waals surface area contributed by atoms with Gasteiger partial charge in [-0.2, -0.15) is 16.9 Å². The Labute approximate surface area is 134 Å². The molecule has 0 bridgehead atoms. The zero-order valence-corrected chi connectivity index (χ0v) is 14.2. The molecule has 0 fully saturated rings. The van der Waals surface area contributed by atoms with Crippen LogP contribution in [-0.4, -0.2) is 15.5 Å². The molecule has 6 heteroatoms. The summed E-state index contributed by atoms with van der Waals surface area (Å²) in [6.45, 7) is 2.13. The van der Waals surface area contributed by atoms with Crippen LogP contribution >= 0.6 is 23.1 Å². The Morgan fingerprint density at radius 2 is 2.33 bits per heavy atom. The van der Waals surface area contributed by atoms with Gasteiger partial charge in [-0.25, -0.2) is 0 Å². The van der Waals surface area contributed by atoms with Crippen molar-refractivity contribution in [2.24, 2.45) is 12.9 Å². The fourth-order valence-corrected chi connectivity index (χ4v) is 5.16. The van der Waals surface area contributed by atoms with Crippen molar-refractivity contribution in [1.82, 2.24) is 15.2 Å². The predicted molar refractivity (Wildman–Crippen MR) is 90.5 cm³/mol. The maximum absolute atomic E-state index is 5.82. The molecule has 3 heterocycles. The third-order valence-corrected chi connectivity index (χ3v) is 6.35. The van der Waals surface area contributed by atoms with Crippen molar-refractivity contribution in [1.29, 1.82) is 0 Å². The molecule has 0 amide bonds. The minimum Gasteiger partial charge on any atom is -0.272 e. The molecule has 3 N–H and O–H groups in total. The van der Waals surface area contributed by atoms with Crippen molar-refractivity contribution in [2.75, 3.05) is 5.75 Å². The van der Waals surface area contributed by atoms with Crippen LogP contribution in [0.3, 0.4) is 0 Å². The molecule has 2 aromatic heterocycles. The van der Waals surface area contributed by atoms with Crippen LogP contribution in [0.2, 0.25) is 0 Å². The normalized spacial score (nSPS) is 16.0. The summed E-state index contributed by atoms with van der Waals surface area (Å²) >= 11 is 3.94. The number of nitrogens with zero attached hydrogens (tertiary/aromatic N) is 2. The van der Waals surface area contributed by atoms with Gasteiger partial charge in [0.25, 0.3) is 0 Å². The highest BCUT2D eigenvalue weighted by Crippen LogP contribution is 2.35. The lowest BCUT2D eigenvalue weighted by molar-refractivity contribution is 0.537. The number of aryl methyl sites for hydroxylation is 3. The third-order valence-electron chi connectivity index (χ3n) is 3.99. The number of thioether (sulfide) groups is 1. The number of nitrogens with two attached hydrogens (primary N) is 1. The monoisotopic (exact) mass is 322 g/mol. The van der Waals surface area contributed by atoms with Gasteiger partial charge in [0.2, 0.25) is 0 Å². The van der Waals surface area contributed by atoms with Crippen LogP contribution in [0.15, 0.2) is 12.1 Å². The summed E-state index contributed by atoms with van der Waals surface area (Å²) in [5.74, 6) is 8.21. The van der Waals surface area contributed by atoms with Gasteiger partial charge >= 0.3 is 0 Å². The minimum atomic E-state index is 0.172. The number of rotatable bonds is 5. The molecular formula is C15H22N4S2. The molecule has 0 saturated heterocycles. The second-order valence-corrected chi connectivity index (χ2v) is 7.70. The number of hydrogen-bond acceptors (Lipinski definition) is 5. The van der Waals surface area contributed by atoms with Crippen molar-refractivity contribution in [3.05, 3.63) is 38.8 Å². The molecule has 0 spiro atoms. The summed E-state index contributed by atoms with van der Waals surface area (Å²) in [5, 5.41) is 4.52. The third kappa shape index (κ3) is 3.18. The SMILES string of the molecule is CCc1cc(CC(NN)c2cc3c(s2)CCSC3)n(C)n1. The van der Waals surface area contributed by atoms with E-state index in [-0.39, 0.29) is 6.04 Å². The van der Waals surface area contributed by atoms with Crippen molar-refractivity contribution in [3.63, 3.8) is 0 Å². The van der Waals surface area contributed by atoms with Gasteiger partial charge in [0.15, 0.2) is 0 Å². The maximum Gasteiger partial charge on any atom is 0.0624 e. The summed E-state index contributed by atoms with van der Waals surface area (Å²) in [6.07, 6.45) is 3.05. The zero-order valence-electron chi connectivity index (χ0n) is 12.6. The Morgan fingerprint density at radius 3 is 3.00 bits per heavy atom. The van der Waals surface area contributed by atoms with Crippen LogP contribution in [0.25, 0.3) is 0 Å². The van der Waals surface area contributed by atoms with Gasteiger partial charge < -0.3 is 0 Å². The molecule has 2 aromatic rings. The number of hydrogen-bond donors (Lipinski definition) is 2. The summed E-state index contributed by atoms with van der Waals surface area (Å²) in [7, 11) is 2.01. The molecule has 4 nitrogen and oxygen atoms in total. The van der Waals surface area contributed by atoms with Crippen LogP contribution < -0.4 is 11.3 Å². The van der Waals surface area contributed by atoms with Crippen molar-refractivity contribution in [3.8, 4) is 0 Å².